The molecule has 5 rings (SSSR count). The van der Waals surface area contributed by atoms with Crippen molar-refractivity contribution in [1.82, 2.24) is 9.55 Å². The van der Waals surface area contributed by atoms with E-state index in [-0.39, 0.29) is 6.17 Å². The molecule has 1 N–H and O–H groups in total. The molecule has 25 heavy (non-hydrogen) atoms. The van der Waals surface area contributed by atoms with Crippen LogP contribution in [-0.2, 0) is 0 Å². The summed E-state index contributed by atoms with van der Waals surface area (Å²) in [6.45, 7) is 0. The Morgan fingerprint density at radius 3 is 2.52 bits per heavy atom. The molecular weight excluding hydrogens is 306 g/mol. The minimum absolute atomic E-state index is 0.0255. The highest BCUT2D eigenvalue weighted by molar-refractivity contribution is 5.86. The van der Waals surface area contributed by atoms with Crippen LogP contribution in [-0.4, -0.2) is 9.55 Å². The van der Waals surface area contributed by atoms with Gasteiger partial charge in [-0.15, -0.1) is 0 Å². The lowest BCUT2D eigenvalue weighted by Crippen LogP contribution is -2.21. The van der Waals surface area contributed by atoms with E-state index in [2.05, 4.69) is 88.8 Å². The largest absolute Gasteiger partial charge is 0.361 e. The fourth-order valence-electron chi connectivity index (χ4n) is 3.44. The van der Waals surface area contributed by atoms with Crippen LogP contribution in [0.3, 0.4) is 0 Å². The van der Waals surface area contributed by atoms with Gasteiger partial charge in [0, 0.05) is 11.3 Å². The number of anilines is 1. The van der Waals surface area contributed by atoms with Gasteiger partial charge in [-0.05, 0) is 35.9 Å². The summed E-state index contributed by atoms with van der Waals surface area (Å²) < 4.78 is 2.27. The Hall–Kier alpha value is -3.33. The summed E-state index contributed by atoms with van der Waals surface area (Å²) in [6.07, 6.45) is 4.38. The number of nitrogens with one attached hydrogen (secondary N) is 1. The smallest absolute Gasteiger partial charge is 0.145 e. The van der Waals surface area contributed by atoms with Gasteiger partial charge >= 0.3 is 0 Å². The summed E-state index contributed by atoms with van der Waals surface area (Å²) in [5, 5.41) is 3.64. The van der Waals surface area contributed by atoms with Gasteiger partial charge in [-0.1, -0.05) is 60.7 Å². The van der Waals surface area contributed by atoms with Crippen LogP contribution in [0.1, 0.15) is 11.7 Å². The lowest BCUT2D eigenvalue weighted by molar-refractivity contribution is 0.694. The van der Waals surface area contributed by atoms with Crippen LogP contribution in [0.2, 0.25) is 0 Å². The van der Waals surface area contributed by atoms with Crippen LogP contribution in [0.5, 0.6) is 0 Å². The molecule has 0 spiro atoms. The zero-order chi connectivity index (χ0) is 16.6. The summed E-state index contributed by atoms with van der Waals surface area (Å²) in [6, 6.07) is 27.0. The van der Waals surface area contributed by atoms with E-state index in [0.29, 0.717) is 0 Å². The topological polar surface area (TPSA) is 29.9 Å². The fourth-order valence-corrected chi connectivity index (χ4v) is 3.44. The maximum atomic E-state index is 4.89. The lowest BCUT2D eigenvalue weighted by Gasteiger charge is -2.28. The van der Waals surface area contributed by atoms with Crippen molar-refractivity contribution in [2.75, 3.05) is 5.32 Å². The van der Waals surface area contributed by atoms with Gasteiger partial charge in [-0.2, -0.15) is 0 Å². The first-order chi connectivity index (χ1) is 12.4. The van der Waals surface area contributed by atoms with E-state index in [1.807, 2.05) is 12.1 Å². The van der Waals surface area contributed by atoms with Crippen molar-refractivity contribution in [3.63, 3.8) is 0 Å². The summed E-state index contributed by atoms with van der Waals surface area (Å²) >= 11 is 0. The Balaban J connectivity index is 1.68. The minimum atomic E-state index is 0.0255. The van der Waals surface area contributed by atoms with E-state index in [4.69, 9.17) is 4.98 Å². The third-order valence-electron chi connectivity index (χ3n) is 4.62. The molecule has 1 aliphatic rings. The molecule has 3 heteroatoms. The Morgan fingerprint density at radius 2 is 1.60 bits per heavy atom. The highest BCUT2D eigenvalue weighted by atomic mass is 15.2. The first-order valence-corrected chi connectivity index (χ1v) is 8.46. The van der Waals surface area contributed by atoms with Gasteiger partial charge in [0.05, 0.1) is 11.0 Å². The third-order valence-corrected chi connectivity index (χ3v) is 4.62. The van der Waals surface area contributed by atoms with Gasteiger partial charge in [-0.25, -0.2) is 4.98 Å². The monoisotopic (exact) mass is 323 g/mol. The predicted octanol–water partition coefficient (Wildman–Crippen LogP) is 5.34. The molecule has 3 aromatic carbocycles. The molecule has 2 heterocycles. The van der Waals surface area contributed by atoms with E-state index >= 15 is 0 Å². The van der Waals surface area contributed by atoms with Crippen molar-refractivity contribution in [2.24, 2.45) is 0 Å². The summed E-state index contributed by atoms with van der Waals surface area (Å²) in [7, 11) is 0. The van der Waals surface area contributed by atoms with E-state index in [0.717, 1.165) is 28.1 Å². The van der Waals surface area contributed by atoms with E-state index < -0.39 is 0 Å². The Bertz CT molecular complexity index is 1080. The average Bonchev–Trinajstić information content (AvgIpc) is 3.07. The van der Waals surface area contributed by atoms with E-state index in [1.165, 1.54) is 5.56 Å². The van der Waals surface area contributed by atoms with Crippen LogP contribution < -0.4 is 5.32 Å². The second-order valence-corrected chi connectivity index (χ2v) is 6.20. The number of rotatable bonds is 2. The van der Waals surface area contributed by atoms with Crippen LogP contribution in [0, 0.1) is 0 Å². The molecule has 0 saturated heterocycles. The third kappa shape index (κ3) is 2.32. The summed E-state index contributed by atoms with van der Waals surface area (Å²) in [4.78, 5) is 4.89. The number of para-hydroxylation sites is 3. The molecule has 1 aromatic heterocycles. The molecule has 0 saturated carbocycles. The lowest BCUT2D eigenvalue weighted by atomic mass is 10.1. The van der Waals surface area contributed by atoms with Crippen LogP contribution in [0.15, 0.2) is 84.9 Å². The molecule has 0 fully saturated rings. The van der Waals surface area contributed by atoms with Gasteiger partial charge in [0.2, 0.25) is 0 Å². The Labute approximate surface area is 146 Å². The second-order valence-electron chi connectivity index (χ2n) is 6.20. The van der Waals surface area contributed by atoms with Crippen molar-refractivity contribution in [3.8, 4) is 11.4 Å². The molecular formula is C22H17N3. The first-order valence-electron chi connectivity index (χ1n) is 8.46. The predicted molar refractivity (Wildman–Crippen MR) is 103 cm³/mol. The number of fused-ring (bicyclic) bond motifs is 5. The van der Waals surface area contributed by atoms with Crippen molar-refractivity contribution in [3.05, 3.63) is 90.5 Å². The molecule has 1 atom stereocenters. The number of hydrogen-bond acceptors (Lipinski definition) is 2. The molecule has 0 radical (unpaired) electrons. The normalized spacial score (nSPS) is 15.8. The van der Waals surface area contributed by atoms with Gasteiger partial charge in [0.1, 0.15) is 12.0 Å². The molecule has 0 aliphatic carbocycles. The number of aromatic nitrogens is 2. The van der Waals surface area contributed by atoms with Gasteiger partial charge in [0.25, 0.3) is 0 Å². The molecule has 0 amide bonds. The average molecular weight is 323 g/mol. The zero-order valence-electron chi connectivity index (χ0n) is 13.6. The van der Waals surface area contributed by atoms with Gasteiger partial charge in [-0.3, -0.25) is 4.57 Å². The van der Waals surface area contributed by atoms with Crippen LogP contribution in [0.4, 0.5) is 5.69 Å². The van der Waals surface area contributed by atoms with E-state index in [1.54, 1.807) is 0 Å². The quantitative estimate of drug-likeness (QED) is 0.539. The number of nitrogens with zero attached hydrogens (tertiary/aromatic N) is 2. The van der Waals surface area contributed by atoms with Gasteiger partial charge < -0.3 is 5.32 Å². The first kappa shape index (κ1) is 14.1. The Morgan fingerprint density at radius 1 is 0.840 bits per heavy atom. The molecule has 0 bridgehead atoms. The zero-order valence-corrected chi connectivity index (χ0v) is 13.6. The van der Waals surface area contributed by atoms with Crippen LogP contribution in [0.25, 0.3) is 28.5 Å². The highest BCUT2D eigenvalue weighted by Crippen LogP contribution is 2.38. The molecule has 4 aromatic rings. The van der Waals surface area contributed by atoms with Crippen molar-refractivity contribution in [1.29, 1.82) is 0 Å². The number of hydrogen-bond donors (Lipinski definition) is 1. The maximum Gasteiger partial charge on any atom is 0.145 e. The second kappa shape index (κ2) is 5.64. The molecule has 1 aliphatic heterocycles. The molecule has 120 valence electrons. The van der Waals surface area contributed by atoms with Gasteiger partial charge in [0.15, 0.2) is 0 Å². The fraction of sp³-hybridized carbons (Fsp3) is 0.0455. The maximum absolute atomic E-state index is 4.89. The van der Waals surface area contributed by atoms with Crippen molar-refractivity contribution in [2.45, 2.75) is 6.17 Å². The number of benzene rings is 3. The minimum Gasteiger partial charge on any atom is -0.361 e. The molecule has 0 unspecified atom stereocenters. The summed E-state index contributed by atoms with van der Waals surface area (Å²) in [5.74, 6) is 1.01. The summed E-state index contributed by atoms with van der Waals surface area (Å²) in [5.41, 5.74) is 5.61. The highest BCUT2D eigenvalue weighted by Gasteiger charge is 2.25. The van der Waals surface area contributed by atoms with Crippen molar-refractivity contribution < 1.29 is 0 Å². The Kier molecular flexibility index (Phi) is 3.17. The number of imidazole rings is 1. The standard InChI is InChI=1S/C22H17N3/c1-2-8-16(9-3-1)14-15-21-23-18-11-5-4-10-17(18)22-24-19-12-6-7-13-20(19)25(21)22/h1-15,21,23H/b15-14+/t21-/m0/s1. The SMILES string of the molecule is C(=C\[C@H]1Nc2ccccc2-c2nc3ccccc3n21)/c1ccccc1. The van der Waals surface area contributed by atoms with Crippen LogP contribution >= 0.6 is 0 Å². The van der Waals surface area contributed by atoms with Crippen molar-refractivity contribution >= 4 is 22.8 Å². The molecule has 3 nitrogen and oxygen atoms in total. The van der Waals surface area contributed by atoms with E-state index in [9.17, 15) is 0 Å².